The second-order valence-corrected chi connectivity index (χ2v) is 6.37. The van der Waals surface area contributed by atoms with Gasteiger partial charge in [0, 0.05) is 0 Å². The zero-order valence-corrected chi connectivity index (χ0v) is 10.5. The molecule has 4 heteroatoms. The Morgan fingerprint density at radius 3 is 2.80 bits per heavy atom. The molecule has 0 aromatic heterocycles. The Bertz CT molecular complexity index is 315. The van der Waals surface area contributed by atoms with Crippen LogP contribution in [-0.2, 0) is 14.3 Å². The highest BCUT2D eigenvalue weighted by Gasteiger charge is 2.59. The van der Waals surface area contributed by atoms with Crippen molar-refractivity contribution < 1.29 is 14.3 Å². The lowest BCUT2D eigenvalue weighted by Gasteiger charge is -2.21. The van der Waals surface area contributed by atoms with Gasteiger partial charge in [-0.1, -0.05) is 15.9 Å². The van der Waals surface area contributed by atoms with Crippen molar-refractivity contribution in [1.82, 2.24) is 0 Å². The predicted octanol–water partition coefficient (Wildman–Crippen LogP) is 1.88. The van der Waals surface area contributed by atoms with Gasteiger partial charge in [-0.15, -0.1) is 0 Å². The molecule has 3 aliphatic rings. The lowest BCUT2D eigenvalue weighted by atomic mass is 9.98. The summed E-state index contributed by atoms with van der Waals surface area (Å²) in [4.78, 5) is 12.0. The summed E-state index contributed by atoms with van der Waals surface area (Å²) in [6.07, 6.45) is 2.06. The number of hydrogen-bond donors (Lipinski definition) is 0. The first-order chi connectivity index (χ1) is 6.98. The number of Topliss-reactive ketones (excluding diaryl/α,β-unsaturated/α-hetero) is 1. The van der Waals surface area contributed by atoms with Crippen LogP contribution in [0.4, 0.5) is 0 Å². The molecule has 5 atom stereocenters. The zero-order chi connectivity index (χ0) is 10.8. The Hall–Kier alpha value is 0.0700. The van der Waals surface area contributed by atoms with Crippen molar-refractivity contribution in [2.24, 2.45) is 11.8 Å². The highest BCUT2D eigenvalue weighted by atomic mass is 79.9. The van der Waals surface area contributed by atoms with Crippen LogP contribution in [0.3, 0.4) is 0 Å². The molecule has 3 rings (SSSR count). The third-order valence-corrected chi connectivity index (χ3v) is 4.59. The molecule has 0 aromatic rings. The van der Waals surface area contributed by atoms with E-state index in [1.807, 2.05) is 13.8 Å². The highest BCUT2D eigenvalue weighted by Crippen LogP contribution is 2.51. The summed E-state index contributed by atoms with van der Waals surface area (Å²) in [6, 6.07) is 0. The first-order valence-electron chi connectivity index (χ1n) is 5.51. The third kappa shape index (κ3) is 1.41. The van der Waals surface area contributed by atoms with Crippen LogP contribution in [0.25, 0.3) is 0 Å². The SMILES string of the molecule is CC1(C)O[C@H]2[C@@H]3C(=O)C(Br)C[C@@H]3C[C@H]2O1. The summed E-state index contributed by atoms with van der Waals surface area (Å²) in [5.41, 5.74) is 0. The van der Waals surface area contributed by atoms with E-state index in [1.165, 1.54) is 0 Å². The Balaban J connectivity index is 1.86. The van der Waals surface area contributed by atoms with Crippen molar-refractivity contribution in [1.29, 1.82) is 0 Å². The van der Waals surface area contributed by atoms with Gasteiger partial charge in [-0.25, -0.2) is 0 Å². The van der Waals surface area contributed by atoms with Crippen molar-refractivity contribution in [3.63, 3.8) is 0 Å². The third-order valence-electron chi connectivity index (χ3n) is 3.77. The molecule has 0 spiro atoms. The molecule has 1 unspecified atom stereocenters. The summed E-state index contributed by atoms with van der Waals surface area (Å²) in [5.74, 6) is 0.341. The van der Waals surface area contributed by atoms with Crippen molar-refractivity contribution >= 4 is 21.7 Å². The van der Waals surface area contributed by atoms with Crippen LogP contribution in [0, 0.1) is 11.8 Å². The summed E-state index contributed by atoms with van der Waals surface area (Å²) in [5, 5.41) is 0. The van der Waals surface area contributed by atoms with Crippen LogP contribution in [0.1, 0.15) is 26.7 Å². The molecule has 2 aliphatic carbocycles. The quantitative estimate of drug-likeness (QED) is 0.633. The molecule has 2 saturated carbocycles. The molecule has 1 saturated heterocycles. The molecule has 0 amide bonds. The minimum Gasteiger partial charge on any atom is -0.345 e. The fourth-order valence-electron chi connectivity index (χ4n) is 3.29. The van der Waals surface area contributed by atoms with Gasteiger partial charge in [0.1, 0.15) is 0 Å². The summed E-state index contributed by atoms with van der Waals surface area (Å²) in [7, 11) is 0. The minimum absolute atomic E-state index is 0.0000463. The number of alkyl halides is 1. The van der Waals surface area contributed by atoms with E-state index >= 15 is 0 Å². The maximum absolute atomic E-state index is 12.0. The van der Waals surface area contributed by atoms with Crippen molar-refractivity contribution in [2.75, 3.05) is 0 Å². The van der Waals surface area contributed by atoms with Gasteiger partial charge in [0.15, 0.2) is 11.6 Å². The zero-order valence-electron chi connectivity index (χ0n) is 8.90. The molecular formula is C11H15BrO3. The normalized spacial score (nSPS) is 51.9. The second-order valence-electron chi connectivity index (χ2n) is 5.27. The summed E-state index contributed by atoms with van der Waals surface area (Å²) in [6.45, 7) is 3.84. The standard InChI is InChI=1S/C11H15BrO3/c1-11(2)14-7-4-5-3-6(12)9(13)8(5)10(7)15-11/h5-8,10H,3-4H2,1-2H3/t5-,6?,7-,8+,10-/m1/s1. The Morgan fingerprint density at radius 2 is 2.07 bits per heavy atom. The molecule has 1 heterocycles. The van der Waals surface area contributed by atoms with Gasteiger partial charge in [-0.3, -0.25) is 4.79 Å². The number of fused-ring (bicyclic) bond motifs is 3. The van der Waals surface area contributed by atoms with Crippen molar-refractivity contribution in [3.8, 4) is 0 Å². The molecule has 0 radical (unpaired) electrons. The maximum atomic E-state index is 12.0. The van der Waals surface area contributed by atoms with Crippen LogP contribution < -0.4 is 0 Å². The van der Waals surface area contributed by atoms with Crippen molar-refractivity contribution in [3.05, 3.63) is 0 Å². The van der Waals surface area contributed by atoms with Crippen LogP contribution in [0.5, 0.6) is 0 Å². The highest BCUT2D eigenvalue weighted by molar-refractivity contribution is 9.10. The van der Waals surface area contributed by atoms with E-state index in [0.717, 1.165) is 12.8 Å². The Morgan fingerprint density at radius 1 is 1.33 bits per heavy atom. The van der Waals surface area contributed by atoms with E-state index in [9.17, 15) is 4.79 Å². The van der Waals surface area contributed by atoms with Crippen LogP contribution in [0.15, 0.2) is 0 Å². The fraction of sp³-hybridized carbons (Fsp3) is 0.909. The smallest absolute Gasteiger partial charge is 0.163 e. The number of ketones is 1. The lowest BCUT2D eigenvalue weighted by Crippen LogP contribution is -2.31. The average molecular weight is 275 g/mol. The van der Waals surface area contributed by atoms with Gasteiger partial charge in [0.2, 0.25) is 0 Å². The van der Waals surface area contributed by atoms with Gasteiger partial charge in [0.25, 0.3) is 0 Å². The van der Waals surface area contributed by atoms with Crippen molar-refractivity contribution in [2.45, 2.75) is 49.5 Å². The molecule has 3 nitrogen and oxygen atoms in total. The molecule has 15 heavy (non-hydrogen) atoms. The van der Waals surface area contributed by atoms with E-state index in [2.05, 4.69) is 15.9 Å². The maximum Gasteiger partial charge on any atom is 0.163 e. The first kappa shape index (κ1) is 10.2. The molecule has 1 aliphatic heterocycles. The largest absolute Gasteiger partial charge is 0.345 e. The van der Waals surface area contributed by atoms with E-state index in [-0.39, 0.29) is 23.0 Å². The summed E-state index contributed by atoms with van der Waals surface area (Å²) < 4.78 is 11.6. The average Bonchev–Trinajstić information content (AvgIpc) is 2.62. The molecule has 84 valence electrons. The number of ether oxygens (including phenoxy) is 2. The lowest BCUT2D eigenvalue weighted by molar-refractivity contribution is -0.160. The number of carbonyl (C=O) groups is 1. The first-order valence-corrected chi connectivity index (χ1v) is 6.43. The minimum atomic E-state index is -0.509. The topological polar surface area (TPSA) is 35.5 Å². The number of halogens is 1. The Kier molecular flexibility index (Phi) is 2.08. The molecule has 0 N–H and O–H groups in total. The van der Waals surface area contributed by atoms with Crippen LogP contribution in [0.2, 0.25) is 0 Å². The van der Waals surface area contributed by atoms with Gasteiger partial charge in [0.05, 0.1) is 23.0 Å². The molecular weight excluding hydrogens is 260 g/mol. The second kappa shape index (κ2) is 3.05. The molecule has 0 bridgehead atoms. The predicted molar refractivity (Wildman–Crippen MR) is 57.8 cm³/mol. The Labute approximate surface area is 97.6 Å². The van der Waals surface area contributed by atoms with Crippen LogP contribution in [-0.4, -0.2) is 28.6 Å². The van der Waals surface area contributed by atoms with Gasteiger partial charge in [-0.05, 0) is 32.6 Å². The number of rotatable bonds is 0. The summed E-state index contributed by atoms with van der Waals surface area (Å²) >= 11 is 3.44. The van der Waals surface area contributed by atoms with E-state index in [4.69, 9.17) is 9.47 Å². The van der Waals surface area contributed by atoms with E-state index < -0.39 is 5.79 Å². The van der Waals surface area contributed by atoms with Crippen LogP contribution >= 0.6 is 15.9 Å². The van der Waals surface area contributed by atoms with E-state index in [1.54, 1.807) is 0 Å². The van der Waals surface area contributed by atoms with Gasteiger partial charge in [-0.2, -0.15) is 0 Å². The number of carbonyl (C=O) groups excluding carboxylic acids is 1. The molecule has 3 fully saturated rings. The number of hydrogen-bond acceptors (Lipinski definition) is 3. The monoisotopic (exact) mass is 274 g/mol. The fourth-order valence-corrected chi connectivity index (χ4v) is 4.08. The van der Waals surface area contributed by atoms with E-state index in [0.29, 0.717) is 11.7 Å². The van der Waals surface area contributed by atoms with Gasteiger partial charge >= 0.3 is 0 Å². The molecule has 0 aromatic carbocycles. The van der Waals surface area contributed by atoms with Gasteiger partial charge < -0.3 is 9.47 Å².